The molecule has 0 aliphatic heterocycles. The minimum atomic E-state index is -4.38. The van der Waals surface area contributed by atoms with E-state index in [-0.39, 0.29) is 24.5 Å². The van der Waals surface area contributed by atoms with E-state index in [9.17, 15) is 17.6 Å². The van der Waals surface area contributed by atoms with Gasteiger partial charge in [0.15, 0.2) is 0 Å². The molecule has 17 heavy (non-hydrogen) atoms. The molecule has 0 spiro atoms. The van der Waals surface area contributed by atoms with E-state index in [2.05, 4.69) is 0 Å². The van der Waals surface area contributed by atoms with Crippen molar-refractivity contribution in [2.45, 2.75) is 6.18 Å². The van der Waals surface area contributed by atoms with E-state index in [1.165, 1.54) is 12.1 Å². The van der Waals surface area contributed by atoms with Gasteiger partial charge in [-0.05, 0) is 24.3 Å². The zero-order valence-corrected chi connectivity index (χ0v) is 8.80. The van der Waals surface area contributed by atoms with Gasteiger partial charge >= 0.3 is 6.18 Å². The largest absolute Gasteiger partial charge is 0.489 e. The lowest BCUT2D eigenvalue weighted by atomic mass is 10.2. The highest BCUT2D eigenvalue weighted by atomic mass is 19.4. The molecule has 6 heteroatoms. The minimum Gasteiger partial charge on any atom is -0.489 e. The first-order valence-electron chi connectivity index (χ1n) is 4.75. The van der Waals surface area contributed by atoms with Crippen LogP contribution in [0.25, 0.3) is 0 Å². The first-order valence-corrected chi connectivity index (χ1v) is 4.75. The Hall–Kier alpha value is -1.56. The summed E-state index contributed by atoms with van der Waals surface area (Å²) >= 11 is 0. The summed E-state index contributed by atoms with van der Waals surface area (Å²) in [5, 5.41) is 0. The van der Waals surface area contributed by atoms with Gasteiger partial charge < -0.3 is 10.5 Å². The summed E-state index contributed by atoms with van der Waals surface area (Å²) in [6.45, 7) is -0.0878. The standard InChI is InChI=1S/C11H11F4NO/c12-5-8(6-16)7-17-10-3-1-9(2-4-10)11(13,14)15/h1-5H,6-7,16H2/b8-5+. The fraction of sp³-hybridized carbons (Fsp3) is 0.273. The van der Waals surface area contributed by atoms with Crippen molar-refractivity contribution in [3.8, 4) is 5.75 Å². The third-order valence-corrected chi connectivity index (χ3v) is 2.02. The predicted molar refractivity (Wildman–Crippen MR) is 55.2 cm³/mol. The summed E-state index contributed by atoms with van der Waals surface area (Å²) in [4.78, 5) is 0. The number of hydrogen-bond acceptors (Lipinski definition) is 2. The van der Waals surface area contributed by atoms with Gasteiger partial charge in [-0.3, -0.25) is 0 Å². The quantitative estimate of drug-likeness (QED) is 0.833. The maximum atomic E-state index is 12.2. The van der Waals surface area contributed by atoms with E-state index in [0.29, 0.717) is 6.33 Å². The molecule has 94 valence electrons. The molecule has 0 amide bonds. The third kappa shape index (κ3) is 4.07. The molecular weight excluding hydrogens is 238 g/mol. The van der Waals surface area contributed by atoms with Crippen LogP contribution in [0.1, 0.15) is 5.56 Å². The van der Waals surface area contributed by atoms with Crippen molar-refractivity contribution in [2.24, 2.45) is 5.73 Å². The van der Waals surface area contributed by atoms with Crippen molar-refractivity contribution in [3.63, 3.8) is 0 Å². The number of halogens is 4. The lowest BCUT2D eigenvalue weighted by Crippen LogP contribution is -2.11. The van der Waals surface area contributed by atoms with Crippen LogP contribution in [-0.2, 0) is 6.18 Å². The van der Waals surface area contributed by atoms with Crippen molar-refractivity contribution >= 4 is 0 Å². The molecule has 0 aromatic heterocycles. The van der Waals surface area contributed by atoms with E-state index in [1.54, 1.807) is 0 Å². The van der Waals surface area contributed by atoms with Crippen molar-refractivity contribution in [3.05, 3.63) is 41.7 Å². The van der Waals surface area contributed by atoms with Crippen molar-refractivity contribution in [2.75, 3.05) is 13.2 Å². The normalized spacial score (nSPS) is 12.6. The van der Waals surface area contributed by atoms with Gasteiger partial charge in [-0.2, -0.15) is 13.2 Å². The zero-order chi connectivity index (χ0) is 12.9. The summed E-state index contributed by atoms with van der Waals surface area (Å²) in [6.07, 6.45) is -4.05. The van der Waals surface area contributed by atoms with Crippen LogP contribution in [0, 0.1) is 0 Å². The van der Waals surface area contributed by atoms with Gasteiger partial charge in [-0.15, -0.1) is 0 Å². The fourth-order valence-electron chi connectivity index (χ4n) is 1.05. The molecule has 1 aromatic carbocycles. The highest BCUT2D eigenvalue weighted by Crippen LogP contribution is 2.30. The van der Waals surface area contributed by atoms with Crippen molar-refractivity contribution in [1.29, 1.82) is 0 Å². The Kier molecular flexibility index (Phi) is 4.51. The minimum absolute atomic E-state index is 0.00284. The molecule has 2 nitrogen and oxygen atoms in total. The van der Waals surface area contributed by atoms with Gasteiger partial charge in [0.05, 0.1) is 11.9 Å². The Morgan fingerprint density at radius 3 is 2.24 bits per heavy atom. The van der Waals surface area contributed by atoms with Crippen LogP contribution >= 0.6 is 0 Å². The molecule has 0 aliphatic carbocycles. The average Bonchev–Trinajstić information content (AvgIpc) is 2.30. The molecule has 0 atom stereocenters. The number of ether oxygens (including phenoxy) is 1. The molecule has 2 N–H and O–H groups in total. The molecule has 0 heterocycles. The van der Waals surface area contributed by atoms with Crippen LogP contribution in [0.5, 0.6) is 5.75 Å². The van der Waals surface area contributed by atoms with Crippen LogP contribution in [0.15, 0.2) is 36.2 Å². The van der Waals surface area contributed by atoms with Crippen LogP contribution < -0.4 is 10.5 Å². The van der Waals surface area contributed by atoms with Crippen LogP contribution in [-0.4, -0.2) is 13.2 Å². The predicted octanol–water partition coefficient (Wildman–Crippen LogP) is 2.90. The monoisotopic (exact) mass is 249 g/mol. The van der Waals surface area contributed by atoms with E-state index >= 15 is 0 Å². The summed E-state index contributed by atoms with van der Waals surface area (Å²) in [7, 11) is 0. The molecule has 1 rings (SSSR count). The van der Waals surface area contributed by atoms with Gasteiger partial charge in [-0.25, -0.2) is 4.39 Å². The molecule has 0 saturated heterocycles. The Bertz CT molecular complexity index is 383. The highest BCUT2D eigenvalue weighted by Gasteiger charge is 2.29. The van der Waals surface area contributed by atoms with Gasteiger partial charge in [0.1, 0.15) is 12.4 Å². The molecule has 0 saturated carbocycles. The second kappa shape index (κ2) is 5.67. The summed E-state index contributed by atoms with van der Waals surface area (Å²) in [5.41, 5.74) is 4.66. The molecule has 0 unspecified atom stereocenters. The smallest absolute Gasteiger partial charge is 0.416 e. The van der Waals surface area contributed by atoms with E-state index in [1.807, 2.05) is 0 Å². The average molecular weight is 249 g/mol. The van der Waals surface area contributed by atoms with Crippen LogP contribution in [0.2, 0.25) is 0 Å². The van der Waals surface area contributed by atoms with Gasteiger partial charge in [0, 0.05) is 12.1 Å². The van der Waals surface area contributed by atoms with Gasteiger partial charge in [-0.1, -0.05) is 0 Å². The molecule has 1 aromatic rings. The third-order valence-electron chi connectivity index (χ3n) is 2.02. The summed E-state index contributed by atoms with van der Waals surface area (Å²) in [6, 6.07) is 4.15. The number of alkyl halides is 3. The van der Waals surface area contributed by atoms with Crippen LogP contribution in [0.4, 0.5) is 17.6 Å². The second-order valence-electron chi connectivity index (χ2n) is 3.28. The first kappa shape index (κ1) is 13.5. The SMILES string of the molecule is NC/C(=C\F)COc1ccc(C(F)(F)F)cc1. The van der Waals surface area contributed by atoms with Crippen molar-refractivity contribution < 1.29 is 22.3 Å². The Morgan fingerprint density at radius 2 is 1.82 bits per heavy atom. The summed E-state index contributed by atoms with van der Waals surface area (Å²) < 4.78 is 53.9. The fourth-order valence-corrected chi connectivity index (χ4v) is 1.05. The second-order valence-corrected chi connectivity index (χ2v) is 3.28. The first-order chi connectivity index (χ1) is 7.97. The molecule has 0 radical (unpaired) electrons. The maximum Gasteiger partial charge on any atom is 0.416 e. The molecule has 0 aliphatic rings. The van der Waals surface area contributed by atoms with E-state index < -0.39 is 11.7 Å². The Balaban J connectivity index is 2.63. The Labute approximate surface area is 95.7 Å². The lowest BCUT2D eigenvalue weighted by molar-refractivity contribution is -0.137. The summed E-state index contributed by atoms with van der Waals surface area (Å²) in [5.74, 6) is 0.228. The van der Waals surface area contributed by atoms with E-state index in [0.717, 1.165) is 12.1 Å². The number of nitrogens with two attached hydrogens (primary N) is 1. The molecule has 0 bridgehead atoms. The molecule has 0 fully saturated rings. The number of rotatable bonds is 4. The number of benzene rings is 1. The zero-order valence-electron chi connectivity index (χ0n) is 8.80. The van der Waals surface area contributed by atoms with Gasteiger partial charge in [0.25, 0.3) is 0 Å². The lowest BCUT2D eigenvalue weighted by Gasteiger charge is -2.09. The topological polar surface area (TPSA) is 35.2 Å². The molecular formula is C11H11F4NO. The van der Waals surface area contributed by atoms with Crippen LogP contribution in [0.3, 0.4) is 0 Å². The van der Waals surface area contributed by atoms with Crippen molar-refractivity contribution in [1.82, 2.24) is 0 Å². The Morgan fingerprint density at radius 1 is 1.24 bits per heavy atom. The van der Waals surface area contributed by atoms with E-state index in [4.69, 9.17) is 10.5 Å². The van der Waals surface area contributed by atoms with Gasteiger partial charge in [0.2, 0.25) is 0 Å². The number of hydrogen-bond donors (Lipinski definition) is 1. The highest BCUT2D eigenvalue weighted by molar-refractivity contribution is 5.29. The maximum absolute atomic E-state index is 12.2.